The Balaban J connectivity index is 1.88. The molecule has 0 spiro atoms. The van der Waals surface area contributed by atoms with Gasteiger partial charge in [-0.3, -0.25) is 4.79 Å². The van der Waals surface area contributed by atoms with E-state index in [1.54, 1.807) is 25.2 Å². The number of likely N-dealkylation sites (tertiary alicyclic amines) is 1. The molecule has 152 valence electrons. The quantitative estimate of drug-likeness (QED) is 0.636. The third-order valence-electron chi connectivity index (χ3n) is 5.14. The highest BCUT2D eigenvalue weighted by atomic mass is 32.2. The van der Waals surface area contributed by atoms with Gasteiger partial charge in [-0.25, -0.2) is 8.42 Å². The molecular weight excluding hydrogens is 412 g/mol. The van der Waals surface area contributed by atoms with Crippen LogP contribution in [0.5, 0.6) is 0 Å². The van der Waals surface area contributed by atoms with Gasteiger partial charge in [0.1, 0.15) is 0 Å². The summed E-state index contributed by atoms with van der Waals surface area (Å²) in [6.45, 7) is 3.97. The molecule has 1 fully saturated rings. The lowest BCUT2D eigenvalue weighted by Crippen LogP contribution is -2.38. The molecule has 0 atom stereocenters. The summed E-state index contributed by atoms with van der Waals surface area (Å²) >= 11 is 2.99. The summed E-state index contributed by atoms with van der Waals surface area (Å²) in [6.07, 6.45) is 3.88. The van der Waals surface area contributed by atoms with Crippen molar-refractivity contribution < 1.29 is 13.2 Å². The molecule has 1 aliphatic heterocycles. The van der Waals surface area contributed by atoms with Crippen molar-refractivity contribution in [3.63, 3.8) is 0 Å². The molecule has 0 saturated carbocycles. The number of nitrogens with zero attached hydrogens (tertiary/aromatic N) is 2. The number of carbonyl (C=O) groups excluding carboxylic acids is 1. The first-order valence-electron chi connectivity index (χ1n) is 9.29. The molecule has 0 N–H and O–H groups in total. The summed E-state index contributed by atoms with van der Waals surface area (Å²) in [6, 6.07) is 8.72. The SMILES string of the molecule is CSc1ccc(S(=O)(=O)N(C)Cc2cccs2)cc1C(=O)N1CCC(C)CC1. The van der Waals surface area contributed by atoms with Gasteiger partial charge in [0, 0.05) is 36.5 Å². The maximum atomic E-state index is 13.1. The van der Waals surface area contributed by atoms with E-state index in [9.17, 15) is 13.2 Å². The van der Waals surface area contributed by atoms with Crippen LogP contribution in [0, 0.1) is 5.92 Å². The molecule has 1 amide bonds. The van der Waals surface area contributed by atoms with Crippen LogP contribution in [-0.2, 0) is 16.6 Å². The molecule has 0 radical (unpaired) electrons. The van der Waals surface area contributed by atoms with Crippen molar-refractivity contribution in [2.24, 2.45) is 5.92 Å². The Bertz CT molecular complexity index is 918. The van der Waals surface area contributed by atoms with E-state index in [4.69, 9.17) is 0 Å². The topological polar surface area (TPSA) is 57.7 Å². The van der Waals surface area contributed by atoms with Crippen LogP contribution in [0.25, 0.3) is 0 Å². The molecule has 2 heterocycles. The highest BCUT2D eigenvalue weighted by molar-refractivity contribution is 7.98. The maximum absolute atomic E-state index is 13.1. The second-order valence-electron chi connectivity index (χ2n) is 7.18. The number of sulfonamides is 1. The first-order chi connectivity index (χ1) is 13.3. The Kier molecular flexibility index (Phi) is 6.85. The third kappa shape index (κ3) is 4.62. The lowest BCUT2D eigenvalue weighted by atomic mass is 9.98. The molecule has 0 unspecified atom stereocenters. The molecule has 5 nitrogen and oxygen atoms in total. The van der Waals surface area contributed by atoms with Crippen molar-refractivity contribution >= 4 is 39.0 Å². The molecule has 1 aromatic heterocycles. The van der Waals surface area contributed by atoms with Gasteiger partial charge in [0.25, 0.3) is 5.91 Å². The first kappa shape index (κ1) is 21.4. The average Bonchev–Trinajstić information content (AvgIpc) is 3.20. The monoisotopic (exact) mass is 438 g/mol. The summed E-state index contributed by atoms with van der Waals surface area (Å²) in [5, 5.41) is 1.93. The van der Waals surface area contributed by atoms with Crippen molar-refractivity contribution in [2.45, 2.75) is 36.1 Å². The third-order valence-corrected chi connectivity index (χ3v) is 8.60. The van der Waals surface area contributed by atoms with E-state index in [2.05, 4.69) is 6.92 Å². The van der Waals surface area contributed by atoms with Gasteiger partial charge in [0.2, 0.25) is 10.0 Å². The van der Waals surface area contributed by atoms with E-state index in [1.807, 2.05) is 28.7 Å². The van der Waals surface area contributed by atoms with Crippen LogP contribution in [0.15, 0.2) is 45.5 Å². The Labute approximate surface area is 175 Å². The largest absolute Gasteiger partial charge is 0.339 e. The Morgan fingerprint density at radius 2 is 2.00 bits per heavy atom. The molecule has 0 bridgehead atoms. The summed E-state index contributed by atoms with van der Waals surface area (Å²) in [5.74, 6) is 0.552. The fourth-order valence-electron chi connectivity index (χ4n) is 3.28. The highest BCUT2D eigenvalue weighted by Gasteiger charge is 2.27. The van der Waals surface area contributed by atoms with Crippen LogP contribution in [0.2, 0.25) is 0 Å². The second kappa shape index (κ2) is 8.98. The molecule has 2 aromatic rings. The van der Waals surface area contributed by atoms with Crippen LogP contribution in [0.1, 0.15) is 35.0 Å². The van der Waals surface area contributed by atoms with E-state index in [0.29, 0.717) is 18.0 Å². The van der Waals surface area contributed by atoms with E-state index < -0.39 is 10.0 Å². The number of carbonyl (C=O) groups is 1. The van der Waals surface area contributed by atoms with E-state index in [1.165, 1.54) is 27.4 Å². The first-order valence-corrected chi connectivity index (χ1v) is 12.8. The minimum atomic E-state index is -3.68. The smallest absolute Gasteiger partial charge is 0.255 e. The lowest BCUT2D eigenvalue weighted by Gasteiger charge is -2.31. The fraction of sp³-hybridized carbons (Fsp3) is 0.450. The molecule has 0 aliphatic carbocycles. The van der Waals surface area contributed by atoms with Crippen LogP contribution < -0.4 is 0 Å². The molecule has 1 saturated heterocycles. The molecule has 1 aromatic carbocycles. The lowest BCUT2D eigenvalue weighted by molar-refractivity contribution is 0.0693. The van der Waals surface area contributed by atoms with E-state index in [0.717, 1.165) is 35.7 Å². The second-order valence-corrected chi connectivity index (χ2v) is 11.1. The van der Waals surface area contributed by atoms with Gasteiger partial charge in [-0.1, -0.05) is 13.0 Å². The molecule has 28 heavy (non-hydrogen) atoms. The minimum absolute atomic E-state index is 0.0748. The number of hydrogen-bond donors (Lipinski definition) is 0. The van der Waals surface area contributed by atoms with Crippen molar-refractivity contribution in [2.75, 3.05) is 26.4 Å². The maximum Gasteiger partial charge on any atom is 0.255 e. The predicted molar refractivity (Wildman–Crippen MR) is 115 cm³/mol. The molecule has 1 aliphatic rings. The van der Waals surface area contributed by atoms with Gasteiger partial charge >= 0.3 is 0 Å². The zero-order valence-corrected chi connectivity index (χ0v) is 18.9. The fourth-order valence-corrected chi connectivity index (χ4v) is 5.87. The normalized spacial score (nSPS) is 15.9. The number of amides is 1. The summed E-state index contributed by atoms with van der Waals surface area (Å²) in [4.78, 5) is 16.9. The zero-order valence-electron chi connectivity index (χ0n) is 16.4. The van der Waals surface area contributed by atoms with Crippen LogP contribution in [0.4, 0.5) is 0 Å². The molecular formula is C20H26N2O3S3. The number of piperidine rings is 1. The zero-order chi connectivity index (χ0) is 20.3. The van der Waals surface area contributed by atoms with Gasteiger partial charge in [-0.15, -0.1) is 23.1 Å². The minimum Gasteiger partial charge on any atom is -0.339 e. The van der Waals surface area contributed by atoms with Gasteiger partial charge in [-0.05, 0) is 54.7 Å². The van der Waals surface area contributed by atoms with Gasteiger partial charge in [-0.2, -0.15) is 4.31 Å². The Morgan fingerprint density at radius 1 is 1.29 bits per heavy atom. The summed E-state index contributed by atoms with van der Waals surface area (Å²) in [7, 11) is -2.10. The van der Waals surface area contributed by atoms with Gasteiger partial charge < -0.3 is 4.90 Å². The van der Waals surface area contributed by atoms with E-state index >= 15 is 0 Å². The highest BCUT2D eigenvalue weighted by Crippen LogP contribution is 2.28. The van der Waals surface area contributed by atoms with Crippen molar-refractivity contribution in [1.29, 1.82) is 0 Å². The number of benzene rings is 1. The predicted octanol–water partition coefficient (Wildman–Crippen LogP) is 4.16. The Hall–Kier alpha value is -1.35. The molecule has 3 rings (SSSR count). The van der Waals surface area contributed by atoms with Crippen LogP contribution in [-0.4, -0.2) is 49.9 Å². The summed E-state index contributed by atoms with van der Waals surface area (Å²) in [5.41, 5.74) is 0.479. The van der Waals surface area contributed by atoms with Gasteiger partial charge in [0.15, 0.2) is 0 Å². The number of hydrogen-bond acceptors (Lipinski definition) is 5. The van der Waals surface area contributed by atoms with Crippen molar-refractivity contribution in [3.8, 4) is 0 Å². The number of rotatable bonds is 6. The average molecular weight is 439 g/mol. The van der Waals surface area contributed by atoms with Crippen molar-refractivity contribution in [3.05, 3.63) is 46.2 Å². The standard InChI is InChI=1S/C20H26N2O3S3/c1-15-8-10-22(11-9-15)20(23)18-13-17(6-7-19(18)26-3)28(24,25)21(2)14-16-5-4-12-27-16/h4-7,12-13,15H,8-11,14H2,1-3H3. The summed E-state index contributed by atoms with van der Waals surface area (Å²) < 4.78 is 27.4. The van der Waals surface area contributed by atoms with Crippen LogP contribution in [0.3, 0.4) is 0 Å². The van der Waals surface area contributed by atoms with Crippen molar-refractivity contribution in [1.82, 2.24) is 9.21 Å². The van der Waals surface area contributed by atoms with Gasteiger partial charge in [0.05, 0.1) is 10.5 Å². The number of thioether (sulfide) groups is 1. The van der Waals surface area contributed by atoms with E-state index in [-0.39, 0.29) is 10.8 Å². The van der Waals surface area contributed by atoms with Crippen LogP contribution >= 0.6 is 23.1 Å². The molecule has 8 heteroatoms. The Morgan fingerprint density at radius 3 is 2.61 bits per heavy atom. The number of thiophene rings is 1.